The summed E-state index contributed by atoms with van der Waals surface area (Å²) in [5, 5.41) is 13.4. The van der Waals surface area contributed by atoms with Gasteiger partial charge in [-0.3, -0.25) is 0 Å². The van der Waals surface area contributed by atoms with Gasteiger partial charge < -0.3 is 15.2 Å². The van der Waals surface area contributed by atoms with E-state index in [1.165, 1.54) is 6.07 Å². The molecule has 22 heavy (non-hydrogen) atoms. The van der Waals surface area contributed by atoms with Crippen LogP contribution in [0.5, 0.6) is 0 Å². The first-order valence-corrected chi connectivity index (χ1v) is 7.52. The van der Waals surface area contributed by atoms with Crippen molar-refractivity contribution in [3.05, 3.63) is 71.0 Å². The molecule has 0 saturated carbocycles. The standard InChI is InChI=1S/C18H20FNO2/c1-13(21)14-6-2-3-7-15(14)18(12-20-10-11-22-18)16-8-4-5-9-17(16)19/h2-9,13,20-21H,10-12H2,1H3. The summed E-state index contributed by atoms with van der Waals surface area (Å²) in [6.45, 7) is 3.40. The molecule has 2 aromatic rings. The summed E-state index contributed by atoms with van der Waals surface area (Å²) in [5.74, 6) is -0.299. The summed E-state index contributed by atoms with van der Waals surface area (Å²) < 4.78 is 20.6. The number of aliphatic hydroxyl groups is 1. The summed E-state index contributed by atoms with van der Waals surface area (Å²) in [6.07, 6.45) is -0.648. The largest absolute Gasteiger partial charge is 0.389 e. The third-order valence-corrected chi connectivity index (χ3v) is 4.16. The van der Waals surface area contributed by atoms with Crippen molar-refractivity contribution in [1.82, 2.24) is 5.32 Å². The maximum atomic E-state index is 14.5. The van der Waals surface area contributed by atoms with Crippen LogP contribution in [-0.2, 0) is 10.3 Å². The molecule has 4 heteroatoms. The highest BCUT2D eigenvalue weighted by Gasteiger charge is 2.41. The third-order valence-electron chi connectivity index (χ3n) is 4.16. The van der Waals surface area contributed by atoms with E-state index in [1.54, 1.807) is 19.1 Å². The molecule has 2 aromatic carbocycles. The topological polar surface area (TPSA) is 41.5 Å². The van der Waals surface area contributed by atoms with E-state index < -0.39 is 11.7 Å². The normalized spacial score (nSPS) is 23.2. The van der Waals surface area contributed by atoms with Crippen LogP contribution >= 0.6 is 0 Å². The monoisotopic (exact) mass is 301 g/mol. The number of halogens is 1. The van der Waals surface area contributed by atoms with Crippen molar-refractivity contribution in [3.63, 3.8) is 0 Å². The highest BCUT2D eigenvalue weighted by Crippen LogP contribution is 2.39. The molecule has 1 aliphatic heterocycles. The molecular formula is C18H20FNO2. The van der Waals surface area contributed by atoms with E-state index in [1.807, 2.05) is 30.3 Å². The van der Waals surface area contributed by atoms with Crippen LogP contribution in [0.2, 0.25) is 0 Å². The Kier molecular flexibility index (Phi) is 4.25. The number of hydrogen-bond donors (Lipinski definition) is 2. The molecule has 0 aliphatic carbocycles. The average Bonchev–Trinajstić information content (AvgIpc) is 2.56. The molecule has 1 saturated heterocycles. The molecule has 3 nitrogen and oxygen atoms in total. The Morgan fingerprint density at radius 3 is 2.45 bits per heavy atom. The van der Waals surface area contributed by atoms with Crippen molar-refractivity contribution in [2.24, 2.45) is 0 Å². The quantitative estimate of drug-likeness (QED) is 0.916. The van der Waals surface area contributed by atoms with E-state index in [2.05, 4.69) is 5.32 Å². The minimum atomic E-state index is -0.919. The first-order valence-electron chi connectivity index (χ1n) is 7.52. The van der Waals surface area contributed by atoms with Gasteiger partial charge in [0.05, 0.1) is 12.7 Å². The molecule has 1 fully saturated rings. The molecule has 3 rings (SSSR count). The van der Waals surface area contributed by atoms with Crippen LogP contribution < -0.4 is 5.32 Å². The molecule has 0 amide bonds. The SMILES string of the molecule is CC(O)c1ccccc1C1(c2ccccc2F)CNCCO1. The molecule has 116 valence electrons. The molecule has 1 heterocycles. The lowest BCUT2D eigenvalue weighted by atomic mass is 9.81. The van der Waals surface area contributed by atoms with E-state index >= 15 is 0 Å². The molecule has 0 aromatic heterocycles. The van der Waals surface area contributed by atoms with Gasteiger partial charge in [-0.25, -0.2) is 4.39 Å². The zero-order valence-electron chi connectivity index (χ0n) is 12.6. The van der Waals surface area contributed by atoms with Crippen LogP contribution in [0, 0.1) is 5.82 Å². The van der Waals surface area contributed by atoms with Gasteiger partial charge in [0.1, 0.15) is 11.4 Å². The number of benzene rings is 2. The van der Waals surface area contributed by atoms with Crippen LogP contribution in [0.15, 0.2) is 48.5 Å². The first kappa shape index (κ1) is 15.2. The summed E-state index contributed by atoms with van der Waals surface area (Å²) in [7, 11) is 0. The zero-order chi connectivity index (χ0) is 15.6. The summed E-state index contributed by atoms with van der Waals surface area (Å²) >= 11 is 0. The Hall–Kier alpha value is -1.75. The lowest BCUT2D eigenvalue weighted by Gasteiger charge is -2.40. The van der Waals surface area contributed by atoms with Crippen molar-refractivity contribution in [2.75, 3.05) is 19.7 Å². The number of nitrogens with one attached hydrogen (secondary N) is 1. The Labute approximate surface area is 129 Å². The van der Waals surface area contributed by atoms with Gasteiger partial charge in [0, 0.05) is 18.7 Å². The van der Waals surface area contributed by atoms with Crippen molar-refractivity contribution in [2.45, 2.75) is 18.6 Å². The molecule has 0 spiro atoms. The smallest absolute Gasteiger partial charge is 0.134 e. The fourth-order valence-corrected chi connectivity index (χ4v) is 3.12. The highest BCUT2D eigenvalue weighted by atomic mass is 19.1. The van der Waals surface area contributed by atoms with Gasteiger partial charge in [-0.1, -0.05) is 42.5 Å². The maximum absolute atomic E-state index is 14.5. The number of rotatable bonds is 3. The summed E-state index contributed by atoms with van der Waals surface area (Å²) in [4.78, 5) is 0. The number of ether oxygens (including phenoxy) is 1. The van der Waals surface area contributed by atoms with Gasteiger partial charge in [-0.15, -0.1) is 0 Å². The van der Waals surface area contributed by atoms with E-state index in [0.29, 0.717) is 18.7 Å². The Morgan fingerprint density at radius 1 is 1.14 bits per heavy atom. The van der Waals surface area contributed by atoms with Gasteiger partial charge in [-0.2, -0.15) is 0 Å². The molecule has 1 aliphatic rings. The number of aliphatic hydroxyl groups excluding tert-OH is 1. The van der Waals surface area contributed by atoms with Gasteiger partial charge >= 0.3 is 0 Å². The van der Waals surface area contributed by atoms with Gasteiger partial charge in [-0.05, 0) is 24.1 Å². The van der Waals surface area contributed by atoms with E-state index in [4.69, 9.17) is 4.74 Å². The molecule has 0 bridgehead atoms. The molecule has 2 atom stereocenters. The molecule has 2 unspecified atom stereocenters. The average molecular weight is 301 g/mol. The lowest BCUT2D eigenvalue weighted by molar-refractivity contribution is -0.0441. The number of morpholine rings is 1. The second-order valence-electron chi connectivity index (χ2n) is 5.60. The predicted octanol–water partition coefficient (Wildman–Crippen LogP) is 2.74. The molecule has 2 N–H and O–H groups in total. The van der Waals surface area contributed by atoms with Crippen LogP contribution in [0.4, 0.5) is 4.39 Å². The van der Waals surface area contributed by atoms with Crippen molar-refractivity contribution in [3.8, 4) is 0 Å². The van der Waals surface area contributed by atoms with Crippen molar-refractivity contribution >= 4 is 0 Å². The van der Waals surface area contributed by atoms with Crippen LogP contribution in [0.1, 0.15) is 29.7 Å². The number of hydrogen-bond acceptors (Lipinski definition) is 3. The first-order chi connectivity index (χ1) is 10.6. The lowest BCUT2D eigenvalue weighted by Crippen LogP contribution is -2.49. The Morgan fingerprint density at radius 2 is 1.82 bits per heavy atom. The van der Waals surface area contributed by atoms with Crippen LogP contribution in [0.25, 0.3) is 0 Å². The minimum absolute atomic E-state index is 0.299. The van der Waals surface area contributed by atoms with Gasteiger partial charge in [0.15, 0.2) is 0 Å². The van der Waals surface area contributed by atoms with Crippen molar-refractivity contribution in [1.29, 1.82) is 0 Å². The molecule has 0 radical (unpaired) electrons. The van der Waals surface area contributed by atoms with E-state index in [0.717, 1.165) is 17.7 Å². The zero-order valence-corrected chi connectivity index (χ0v) is 12.6. The second kappa shape index (κ2) is 6.16. The summed E-state index contributed by atoms with van der Waals surface area (Å²) in [6, 6.07) is 14.2. The molecular weight excluding hydrogens is 281 g/mol. The maximum Gasteiger partial charge on any atom is 0.134 e. The third kappa shape index (κ3) is 2.54. The predicted molar refractivity (Wildman–Crippen MR) is 83.1 cm³/mol. The van der Waals surface area contributed by atoms with Gasteiger partial charge in [0.25, 0.3) is 0 Å². The van der Waals surface area contributed by atoms with Crippen LogP contribution in [-0.4, -0.2) is 24.8 Å². The van der Waals surface area contributed by atoms with Crippen molar-refractivity contribution < 1.29 is 14.2 Å². The second-order valence-corrected chi connectivity index (χ2v) is 5.60. The van der Waals surface area contributed by atoms with E-state index in [9.17, 15) is 9.50 Å². The summed E-state index contributed by atoms with van der Waals surface area (Å²) in [5.41, 5.74) is 1.14. The van der Waals surface area contributed by atoms with Gasteiger partial charge in [0.2, 0.25) is 0 Å². The van der Waals surface area contributed by atoms with Crippen LogP contribution in [0.3, 0.4) is 0 Å². The highest BCUT2D eigenvalue weighted by molar-refractivity contribution is 5.43. The fourth-order valence-electron chi connectivity index (χ4n) is 3.12. The Bertz CT molecular complexity index is 651. The minimum Gasteiger partial charge on any atom is -0.389 e. The fraction of sp³-hybridized carbons (Fsp3) is 0.333. The Balaban J connectivity index is 2.22. The van der Waals surface area contributed by atoms with E-state index in [-0.39, 0.29) is 5.82 Å².